The van der Waals surface area contributed by atoms with Crippen LogP contribution >= 0.6 is 0 Å². The molecule has 0 bridgehead atoms. The van der Waals surface area contributed by atoms with Crippen molar-refractivity contribution in [3.8, 4) is 0 Å². The van der Waals surface area contributed by atoms with Crippen LogP contribution in [0, 0.1) is 5.41 Å². The van der Waals surface area contributed by atoms with Crippen molar-refractivity contribution in [3.05, 3.63) is 0 Å². The van der Waals surface area contributed by atoms with E-state index in [0.717, 1.165) is 0 Å². The summed E-state index contributed by atoms with van der Waals surface area (Å²) in [6, 6.07) is -0.225. The fraction of sp³-hybridized carbons (Fsp3) is 0.909. The maximum Gasteiger partial charge on any atom is 0.221 e. The molecule has 3 N–H and O–H groups in total. The predicted molar refractivity (Wildman–Crippen MR) is 68.6 cm³/mol. The minimum atomic E-state index is -0.888. The first-order valence-corrected chi connectivity index (χ1v) is 7.20. The zero-order chi connectivity index (χ0) is 12.9. The molecule has 0 radical (unpaired) electrons. The first-order valence-electron chi connectivity index (χ1n) is 5.48. The van der Waals surface area contributed by atoms with Gasteiger partial charge in [-0.25, -0.2) is 0 Å². The number of carbonyl (C=O) groups excluding carboxylic acids is 1. The fourth-order valence-electron chi connectivity index (χ4n) is 1.23. The molecular formula is C11H24N2O2S. The Morgan fingerprint density at radius 3 is 2.31 bits per heavy atom. The Morgan fingerprint density at radius 1 is 1.44 bits per heavy atom. The van der Waals surface area contributed by atoms with E-state index in [1.807, 2.05) is 27.7 Å². The van der Waals surface area contributed by atoms with Crippen molar-refractivity contribution in [1.82, 2.24) is 5.32 Å². The Hall–Kier alpha value is -0.420. The maximum atomic E-state index is 11.6. The van der Waals surface area contributed by atoms with E-state index in [9.17, 15) is 9.00 Å². The summed E-state index contributed by atoms with van der Waals surface area (Å²) in [6.07, 6.45) is 1.94. The molecule has 1 amide bonds. The summed E-state index contributed by atoms with van der Waals surface area (Å²) in [6.45, 7) is 7.88. The van der Waals surface area contributed by atoms with Gasteiger partial charge in [0.1, 0.15) is 0 Å². The summed E-state index contributed by atoms with van der Waals surface area (Å²) in [5, 5.41) is 2.80. The minimum absolute atomic E-state index is 0.0644. The summed E-state index contributed by atoms with van der Waals surface area (Å²) in [7, 11) is -0.888. The highest BCUT2D eigenvalue weighted by atomic mass is 32.2. The average molecular weight is 248 g/mol. The lowest BCUT2D eigenvalue weighted by Gasteiger charge is -2.27. The largest absolute Gasteiger partial charge is 0.353 e. The third-order valence-electron chi connectivity index (χ3n) is 2.41. The van der Waals surface area contributed by atoms with Gasteiger partial charge in [-0.1, -0.05) is 20.8 Å². The van der Waals surface area contributed by atoms with Crippen LogP contribution in [-0.4, -0.2) is 34.2 Å². The fourth-order valence-corrected chi connectivity index (χ4v) is 2.02. The van der Waals surface area contributed by atoms with Gasteiger partial charge in [-0.15, -0.1) is 0 Å². The summed E-state index contributed by atoms with van der Waals surface area (Å²) in [4.78, 5) is 11.6. The molecule has 0 aromatic rings. The van der Waals surface area contributed by atoms with E-state index in [2.05, 4.69) is 5.32 Å². The number of carbonyl (C=O) groups is 1. The quantitative estimate of drug-likeness (QED) is 0.749. The van der Waals surface area contributed by atoms with Crippen LogP contribution in [0.5, 0.6) is 0 Å². The number of amides is 1. The molecular weight excluding hydrogens is 224 g/mol. The number of hydrogen-bond donors (Lipinski definition) is 2. The zero-order valence-corrected chi connectivity index (χ0v) is 11.7. The molecule has 0 saturated heterocycles. The highest BCUT2D eigenvalue weighted by Crippen LogP contribution is 2.19. The summed E-state index contributed by atoms with van der Waals surface area (Å²) in [5.74, 6) is 0.414. The molecule has 5 heteroatoms. The van der Waals surface area contributed by atoms with Crippen molar-refractivity contribution in [1.29, 1.82) is 0 Å². The second-order valence-corrected chi connectivity index (χ2v) is 6.86. The summed E-state index contributed by atoms with van der Waals surface area (Å²) < 4.78 is 11.0. The van der Waals surface area contributed by atoms with Crippen molar-refractivity contribution in [2.45, 2.75) is 46.2 Å². The van der Waals surface area contributed by atoms with Crippen molar-refractivity contribution < 1.29 is 9.00 Å². The molecule has 4 nitrogen and oxygen atoms in total. The first-order chi connectivity index (χ1) is 7.12. The SMILES string of the molecule is CC(CS(C)=O)NC(=O)CC(N)C(C)(C)C. The molecule has 0 aliphatic rings. The van der Waals surface area contributed by atoms with Crippen LogP contribution in [0.1, 0.15) is 34.1 Å². The zero-order valence-electron chi connectivity index (χ0n) is 10.9. The average Bonchev–Trinajstić information content (AvgIpc) is 1.98. The van der Waals surface area contributed by atoms with Gasteiger partial charge in [0.2, 0.25) is 5.91 Å². The highest BCUT2D eigenvalue weighted by molar-refractivity contribution is 7.84. The molecule has 0 fully saturated rings. The molecule has 0 rings (SSSR count). The molecule has 0 heterocycles. The number of rotatable bonds is 5. The lowest BCUT2D eigenvalue weighted by molar-refractivity contribution is -0.122. The first kappa shape index (κ1) is 15.6. The van der Waals surface area contributed by atoms with Gasteiger partial charge >= 0.3 is 0 Å². The van der Waals surface area contributed by atoms with E-state index < -0.39 is 10.8 Å². The number of nitrogens with two attached hydrogens (primary N) is 1. The third-order valence-corrected chi connectivity index (χ3v) is 3.38. The molecule has 0 saturated carbocycles. The number of hydrogen-bond acceptors (Lipinski definition) is 3. The highest BCUT2D eigenvalue weighted by Gasteiger charge is 2.23. The van der Waals surface area contributed by atoms with Gasteiger partial charge in [-0.2, -0.15) is 0 Å². The smallest absolute Gasteiger partial charge is 0.221 e. The van der Waals surface area contributed by atoms with E-state index in [0.29, 0.717) is 12.2 Å². The molecule has 0 spiro atoms. The van der Waals surface area contributed by atoms with Crippen LogP contribution in [0.2, 0.25) is 0 Å². The van der Waals surface area contributed by atoms with Gasteiger partial charge in [0.25, 0.3) is 0 Å². The standard InChI is InChI=1S/C11H24N2O2S/c1-8(7-16(5)15)13-10(14)6-9(12)11(2,3)4/h8-9H,6-7,12H2,1-5H3,(H,13,14). The molecule has 0 aliphatic carbocycles. The van der Waals surface area contributed by atoms with Crippen LogP contribution < -0.4 is 11.1 Å². The van der Waals surface area contributed by atoms with E-state index in [4.69, 9.17) is 5.73 Å². The summed E-state index contributed by atoms with van der Waals surface area (Å²) in [5.41, 5.74) is 5.83. The molecule has 3 unspecified atom stereocenters. The van der Waals surface area contributed by atoms with Crippen molar-refractivity contribution in [3.63, 3.8) is 0 Å². The Balaban J connectivity index is 4.04. The van der Waals surface area contributed by atoms with Crippen molar-refractivity contribution in [2.24, 2.45) is 11.1 Å². The predicted octanol–water partition coefficient (Wildman–Crippen LogP) is 0.633. The van der Waals surface area contributed by atoms with Gasteiger partial charge in [-0.05, 0) is 12.3 Å². The molecule has 0 aromatic heterocycles. The second kappa shape index (κ2) is 6.35. The Kier molecular flexibility index (Phi) is 6.18. The van der Waals surface area contributed by atoms with E-state index in [1.54, 1.807) is 6.26 Å². The normalized spacial score (nSPS) is 17.6. The van der Waals surface area contributed by atoms with Gasteiger partial charge in [0.15, 0.2) is 0 Å². The minimum Gasteiger partial charge on any atom is -0.353 e. The van der Waals surface area contributed by atoms with Crippen LogP contribution in [0.25, 0.3) is 0 Å². The lowest BCUT2D eigenvalue weighted by Crippen LogP contribution is -2.43. The van der Waals surface area contributed by atoms with Crippen LogP contribution in [0.3, 0.4) is 0 Å². The molecule has 0 aliphatic heterocycles. The molecule has 16 heavy (non-hydrogen) atoms. The second-order valence-electron chi connectivity index (χ2n) is 5.39. The Bertz CT molecular complexity index is 261. The molecule has 96 valence electrons. The number of nitrogens with one attached hydrogen (secondary N) is 1. The van der Waals surface area contributed by atoms with E-state index >= 15 is 0 Å². The van der Waals surface area contributed by atoms with E-state index in [1.165, 1.54) is 0 Å². The van der Waals surface area contributed by atoms with Crippen molar-refractivity contribution >= 4 is 16.7 Å². The van der Waals surface area contributed by atoms with Crippen LogP contribution in [-0.2, 0) is 15.6 Å². The van der Waals surface area contributed by atoms with Crippen molar-refractivity contribution in [2.75, 3.05) is 12.0 Å². The van der Waals surface area contributed by atoms with Crippen LogP contribution in [0.15, 0.2) is 0 Å². The summed E-state index contributed by atoms with van der Waals surface area (Å²) >= 11 is 0. The maximum absolute atomic E-state index is 11.6. The third kappa shape index (κ3) is 6.95. The molecule has 0 aromatic carbocycles. The monoisotopic (exact) mass is 248 g/mol. The van der Waals surface area contributed by atoms with Crippen LogP contribution in [0.4, 0.5) is 0 Å². The topological polar surface area (TPSA) is 72.2 Å². The Morgan fingerprint density at radius 2 is 1.94 bits per heavy atom. The Labute approximate surface area is 101 Å². The lowest BCUT2D eigenvalue weighted by atomic mass is 9.85. The van der Waals surface area contributed by atoms with Gasteiger partial charge in [0.05, 0.1) is 0 Å². The van der Waals surface area contributed by atoms with E-state index in [-0.39, 0.29) is 23.4 Å². The van der Waals surface area contributed by atoms with Gasteiger partial charge in [-0.3, -0.25) is 9.00 Å². The molecule has 3 atom stereocenters. The van der Waals surface area contributed by atoms with Gasteiger partial charge in [0, 0.05) is 41.3 Å². The van der Waals surface area contributed by atoms with Gasteiger partial charge < -0.3 is 11.1 Å².